The minimum Gasteiger partial charge on any atom is -0.325 e. The number of carbonyl (C=O) groups excluding carboxylic acids is 2. The van der Waals surface area contributed by atoms with Crippen LogP contribution in [0.4, 0.5) is 9.18 Å². The van der Waals surface area contributed by atoms with E-state index in [2.05, 4.69) is 0 Å². The van der Waals surface area contributed by atoms with E-state index in [9.17, 15) is 14.0 Å². The lowest BCUT2D eigenvalue weighted by Crippen LogP contribution is -2.29. The fourth-order valence-corrected chi connectivity index (χ4v) is 2.32. The van der Waals surface area contributed by atoms with Crippen LogP contribution >= 0.6 is 11.8 Å². The van der Waals surface area contributed by atoms with Gasteiger partial charge in [0.1, 0.15) is 5.82 Å². The summed E-state index contributed by atoms with van der Waals surface area (Å²) in [6, 6.07) is 5.52. The zero-order valence-electron chi connectivity index (χ0n) is 8.48. The maximum atomic E-state index is 12.9. The molecular formula is C11H10FNO2S. The van der Waals surface area contributed by atoms with Crippen LogP contribution in [0.25, 0.3) is 0 Å². The SMILES string of the molecule is O=C(CN1CCSC1=O)c1cccc(F)c1. The summed E-state index contributed by atoms with van der Waals surface area (Å²) in [4.78, 5) is 24.5. The number of hydrogen-bond acceptors (Lipinski definition) is 3. The summed E-state index contributed by atoms with van der Waals surface area (Å²) in [6.45, 7) is 0.625. The topological polar surface area (TPSA) is 37.4 Å². The molecule has 0 saturated carbocycles. The monoisotopic (exact) mass is 239 g/mol. The standard InChI is InChI=1S/C11H10FNO2S/c12-9-3-1-2-8(6-9)10(14)7-13-4-5-16-11(13)15/h1-3,6H,4-5,7H2. The predicted molar refractivity (Wildman–Crippen MR) is 60.2 cm³/mol. The van der Waals surface area contributed by atoms with Crippen molar-refractivity contribution in [3.63, 3.8) is 0 Å². The summed E-state index contributed by atoms with van der Waals surface area (Å²) in [5, 5.41) is -0.0789. The fourth-order valence-electron chi connectivity index (χ4n) is 1.50. The number of Topliss-reactive ketones (excluding diaryl/α,β-unsaturated/α-hetero) is 1. The lowest BCUT2D eigenvalue weighted by atomic mass is 10.1. The van der Waals surface area contributed by atoms with Gasteiger partial charge in [0.15, 0.2) is 5.78 Å². The van der Waals surface area contributed by atoms with Crippen molar-refractivity contribution in [2.45, 2.75) is 0 Å². The van der Waals surface area contributed by atoms with Gasteiger partial charge in [0.2, 0.25) is 0 Å². The molecule has 1 aromatic carbocycles. The summed E-state index contributed by atoms with van der Waals surface area (Å²) in [6.07, 6.45) is 0. The van der Waals surface area contributed by atoms with Gasteiger partial charge in [-0.1, -0.05) is 23.9 Å². The Labute approximate surface area is 96.6 Å². The Morgan fingerprint density at radius 3 is 2.94 bits per heavy atom. The Hall–Kier alpha value is -1.36. The molecule has 1 aromatic rings. The molecule has 0 spiro atoms. The van der Waals surface area contributed by atoms with E-state index in [1.165, 1.54) is 34.9 Å². The number of halogens is 1. The third-order valence-corrected chi connectivity index (χ3v) is 3.22. The molecule has 1 heterocycles. The van der Waals surface area contributed by atoms with Crippen molar-refractivity contribution in [3.05, 3.63) is 35.6 Å². The maximum Gasteiger partial charge on any atom is 0.282 e. The Bertz CT molecular complexity index is 436. The van der Waals surface area contributed by atoms with E-state index in [4.69, 9.17) is 0 Å². The van der Waals surface area contributed by atoms with Crippen molar-refractivity contribution < 1.29 is 14.0 Å². The highest BCUT2D eigenvalue weighted by Crippen LogP contribution is 2.17. The van der Waals surface area contributed by atoms with E-state index in [1.54, 1.807) is 6.07 Å². The molecular weight excluding hydrogens is 229 g/mol. The van der Waals surface area contributed by atoms with Crippen molar-refractivity contribution in [1.29, 1.82) is 0 Å². The normalized spacial score (nSPS) is 15.6. The fraction of sp³-hybridized carbons (Fsp3) is 0.273. The predicted octanol–water partition coefficient (Wildman–Crippen LogP) is 2.18. The number of benzene rings is 1. The average Bonchev–Trinajstić information content (AvgIpc) is 2.64. The van der Waals surface area contributed by atoms with Crippen LogP contribution in [0.2, 0.25) is 0 Å². The molecule has 3 nitrogen and oxygen atoms in total. The van der Waals surface area contributed by atoms with Crippen LogP contribution in [0.3, 0.4) is 0 Å². The third kappa shape index (κ3) is 2.41. The van der Waals surface area contributed by atoms with Crippen molar-refractivity contribution in [2.24, 2.45) is 0 Å². The summed E-state index contributed by atoms with van der Waals surface area (Å²) in [5.41, 5.74) is 0.310. The molecule has 0 bridgehead atoms. The third-order valence-electron chi connectivity index (χ3n) is 2.33. The van der Waals surface area contributed by atoms with Gasteiger partial charge in [-0.15, -0.1) is 0 Å². The van der Waals surface area contributed by atoms with Gasteiger partial charge < -0.3 is 4.90 Å². The van der Waals surface area contributed by atoms with Gasteiger partial charge in [-0.2, -0.15) is 0 Å². The van der Waals surface area contributed by atoms with Crippen molar-refractivity contribution in [1.82, 2.24) is 4.90 Å². The summed E-state index contributed by atoms with van der Waals surface area (Å²) in [7, 11) is 0. The Kier molecular flexibility index (Phi) is 3.24. The summed E-state index contributed by atoms with van der Waals surface area (Å²) in [5.74, 6) is 0.0539. The van der Waals surface area contributed by atoms with E-state index in [1.807, 2.05) is 0 Å². The van der Waals surface area contributed by atoms with E-state index in [0.29, 0.717) is 12.1 Å². The highest BCUT2D eigenvalue weighted by Gasteiger charge is 2.23. The Balaban J connectivity index is 2.05. The molecule has 1 aliphatic rings. The van der Waals surface area contributed by atoms with Crippen LogP contribution in [0.1, 0.15) is 10.4 Å². The molecule has 5 heteroatoms. The number of thioether (sulfide) groups is 1. The lowest BCUT2D eigenvalue weighted by molar-refractivity contribution is 0.0955. The van der Waals surface area contributed by atoms with Crippen LogP contribution in [0, 0.1) is 5.82 Å². The molecule has 84 valence electrons. The molecule has 0 aromatic heterocycles. The minimum atomic E-state index is -0.437. The number of rotatable bonds is 3. The number of nitrogens with zero attached hydrogens (tertiary/aromatic N) is 1. The Morgan fingerprint density at radius 1 is 1.50 bits per heavy atom. The van der Waals surface area contributed by atoms with Gasteiger partial charge in [-0.3, -0.25) is 9.59 Å². The zero-order chi connectivity index (χ0) is 11.5. The minimum absolute atomic E-state index is 0.0370. The first kappa shape index (κ1) is 11.1. The van der Waals surface area contributed by atoms with Crippen LogP contribution in [-0.2, 0) is 0 Å². The first-order valence-electron chi connectivity index (χ1n) is 4.87. The smallest absolute Gasteiger partial charge is 0.282 e. The number of amides is 1. The molecule has 0 radical (unpaired) electrons. The summed E-state index contributed by atoms with van der Waals surface area (Å²) < 4.78 is 12.9. The number of ketones is 1. The Morgan fingerprint density at radius 2 is 2.31 bits per heavy atom. The molecule has 0 N–H and O–H groups in total. The molecule has 16 heavy (non-hydrogen) atoms. The average molecular weight is 239 g/mol. The number of hydrogen-bond donors (Lipinski definition) is 0. The second-order valence-corrected chi connectivity index (χ2v) is 4.52. The highest BCUT2D eigenvalue weighted by molar-refractivity contribution is 8.13. The van der Waals surface area contributed by atoms with E-state index >= 15 is 0 Å². The van der Waals surface area contributed by atoms with E-state index in [0.717, 1.165) is 5.75 Å². The molecule has 2 rings (SSSR count). The second kappa shape index (κ2) is 4.65. The highest BCUT2D eigenvalue weighted by atomic mass is 32.2. The number of carbonyl (C=O) groups is 2. The molecule has 1 amide bonds. The van der Waals surface area contributed by atoms with Gasteiger partial charge >= 0.3 is 0 Å². The van der Waals surface area contributed by atoms with Gasteiger partial charge in [0, 0.05) is 17.9 Å². The lowest BCUT2D eigenvalue weighted by Gasteiger charge is -2.12. The second-order valence-electron chi connectivity index (χ2n) is 3.47. The zero-order valence-corrected chi connectivity index (χ0v) is 9.30. The molecule has 0 aliphatic carbocycles. The molecule has 1 saturated heterocycles. The van der Waals surface area contributed by atoms with Crippen molar-refractivity contribution >= 4 is 22.8 Å². The van der Waals surface area contributed by atoms with Crippen LogP contribution < -0.4 is 0 Å². The van der Waals surface area contributed by atoms with E-state index in [-0.39, 0.29) is 17.6 Å². The molecule has 0 unspecified atom stereocenters. The quantitative estimate of drug-likeness (QED) is 0.759. The first-order chi connectivity index (χ1) is 7.66. The molecule has 1 fully saturated rings. The van der Waals surface area contributed by atoms with Gasteiger partial charge in [0.25, 0.3) is 5.24 Å². The van der Waals surface area contributed by atoms with Crippen molar-refractivity contribution in [2.75, 3.05) is 18.8 Å². The van der Waals surface area contributed by atoms with Gasteiger partial charge in [0.05, 0.1) is 6.54 Å². The van der Waals surface area contributed by atoms with Crippen LogP contribution in [0.15, 0.2) is 24.3 Å². The molecule has 1 aliphatic heterocycles. The first-order valence-corrected chi connectivity index (χ1v) is 5.86. The van der Waals surface area contributed by atoms with Gasteiger partial charge in [-0.25, -0.2) is 4.39 Å². The molecule has 0 atom stereocenters. The largest absolute Gasteiger partial charge is 0.325 e. The van der Waals surface area contributed by atoms with Gasteiger partial charge in [-0.05, 0) is 12.1 Å². The van der Waals surface area contributed by atoms with Crippen LogP contribution in [-0.4, -0.2) is 34.8 Å². The van der Waals surface area contributed by atoms with Crippen molar-refractivity contribution in [3.8, 4) is 0 Å². The maximum absolute atomic E-state index is 12.9. The van der Waals surface area contributed by atoms with Crippen LogP contribution in [0.5, 0.6) is 0 Å². The summed E-state index contributed by atoms with van der Waals surface area (Å²) >= 11 is 1.21. The van der Waals surface area contributed by atoms with E-state index < -0.39 is 5.82 Å².